The summed E-state index contributed by atoms with van der Waals surface area (Å²) in [6.07, 6.45) is 0.848. The molecule has 0 aliphatic rings. The van der Waals surface area contributed by atoms with Crippen LogP contribution in [0.4, 0.5) is 6.01 Å². The van der Waals surface area contributed by atoms with Crippen molar-refractivity contribution in [3.8, 4) is 0 Å². The molecule has 1 N–H and O–H groups in total. The van der Waals surface area contributed by atoms with E-state index in [4.69, 9.17) is 4.52 Å². The van der Waals surface area contributed by atoms with Crippen LogP contribution >= 0.6 is 11.8 Å². The van der Waals surface area contributed by atoms with Crippen molar-refractivity contribution in [1.82, 2.24) is 19.7 Å². The molecule has 0 unspecified atom stereocenters. The SMILES string of the molecule is Cc1noc(NC(=O)CSc2nc3ccccc3c(=O)n2CCC(C)C)n1. The summed E-state index contributed by atoms with van der Waals surface area (Å²) in [5, 5.41) is 7.27. The van der Waals surface area contributed by atoms with Crippen molar-refractivity contribution in [3.05, 3.63) is 40.4 Å². The number of carbonyl (C=O) groups excluding carboxylic acids is 1. The average Bonchev–Trinajstić information content (AvgIpc) is 3.04. The molecule has 0 saturated heterocycles. The predicted molar refractivity (Wildman–Crippen MR) is 104 cm³/mol. The van der Waals surface area contributed by atoms with Crippen molar-refractivity contribution >= 4 is 34.6 Å². The number of amides is 1. The predicted octanol–water partition coefficient (Wildman–Crippen LogP) is 2.86. The van der Waals surface area contributed by atoms with Gasteiger partial charge in [0.15, 0.2) is 11.0 Å². The number of fused-ring (bicyclic) bond motifs is 1. The molecular formula is C18H21N5O3S. The molecule has 0 bridgehead atoms. The first kappa shape index (κ1) is 19.1. The molecule has 0 atom stereocenters. The lowest BCUT2D eigenvalue weighted by Gasteiger charge is -2.14. The van der Waals surface area contributed by atoms with Crippen LogP contribution in [-0.2, 0) is 11.3 Å². The normalized spacial score (nSPS) is 11.3. The number of nitrogens with one attached hydrogen (secondary N) is 1. The van der Waals surface area contributed by atoms with Crippen LogP contribution in [0.2, 0.25) is 0 Å². The second kappa shape index (κ2) is 8.34. The molecule has 27 heavy (non-hydrogen) atoms. The van der Waals surface area contributed by atoms with E-state index in [0.717, 1.165) is 6.42 Å². The molecule has 2 heterocycles. The summed E-state index contributed by atoms with van der Waals surface area (Å²) in [5.74, 6) is 0.664. The van der Waals surface area contributed by atoms with Gasteiger partial charge in [-0.3, -0.25) is 19.5 Å². The second-order valence-corrected chi connectivity index (χ2v) is 7.48. The number of para-hydroxylation sites is 1. The molecule has 8 nitrogen and oxygen atoms in total. The second-order valence-electron chi connectivity index (χ2n) is 6.53. The number of anilines is 1. The van der Waals surface area contributed by atoms with Crippen molar-refractivity contribution < 1.29 is 9.32 Å². The van der Waals surface area contributed by atoms with E-state index < -0.39 is 0 Å². The lowest BCUT2D eigenvalue weighted by molar-refractivity contribution is -0.114. The highest BCUT2D eigenvalue weighted by Crippen LogP contribution is 2.19. The zero-order chi connectivity index (χ0) is 19.4. The summed E-state index contributed by atoms with van der Waals surface area (Å²) in [7, 11) is 0. The number of benzene rings is 1. The fraction of sp³-hybridized carbons (Fsp3) is 0.389. The molecule has 2 aromatic heterocycles. The zero-order valence-corrected chi connectivity index (χ0v) is 16.2. The largest absolute Gasteiger partial charge is 0.328 e. The minimum atomic E-state index is -0.304. The van der Waals surface area contributed by atoms with Gasteiger partial charge in [0.1, 0.15) is 0 Å². The van der Waals surface area contributed by atoms with Gasteiger partial charge in [0.05, 0.1) is 16.7 Å². The quantitative estimate of drug-likeness (QED) is 0.491. The smallest absolute Gasteiger partial charge is 0.315 e. The topological polar surface area (TPSA) is 103 Å². The van der Waals surface area contributed by atoms with E-state index in [1.54, 1.807) is 23.6 Å². The fourth-order valence-electron chi connectivity index (χ4n) is 2.48. The maximum Gasteiger partial charge on any atom is 0.328 e. The molecular weight excluding hydrogens is 366 g/mol. The Hall–Kier alpha value is -2.68. The zero-order valence-electron chi connectivity index (χ0n) is 15.4. The van der Waals surface area contributed by atoms with E-state index in [2.05, 4.69) is 34.3 Å². The van der Waals surface area contributed by atoms with Crippen LogP contribution in [0.25, 0.3) is 10.9 Å². The third-order valence-electron chi connectivity index (χ3n) is 3.86. The van der Waals surface area contributed by atoms with Crippen molar-refractivity contribution in [2.75, 3.05) is 11.1 Å². The van der Waals surface area contributed by atoms with Gasteiger partial charge in [0, 0.05) is 6.54 Å². The fourth-order valence-corrected chi connectivity index (χ4v) is 3.30. The third-order valence-corrected chi connectivity index (χ3v) is 4.84. The Kier molecular flexibility index (Phi) is 5.90. The van der Waals surface area contributed by atoms with Gasteiger partial charge in [-0.05, 0) is 31.4 Å². The number of hydrogen-bond donors (Lipinski definition) is 1. The molecule has 0 fully saturated rings. The molecule has 0 spiro atoms. The molecule has 0 saturated carbocycles. The number of aromatic nitrogens is 4. The van der Waals surface area contributed by atoms with Crippen molar-refractivity contribution in [1.29, 1.82) is 0 Å². The summed E-state index contributed by atoms with van der Waals surface area (Å²) >= 11 is 1.21. The Labute approximate surface area is 160 Å². The Morgan fingerprint density at radius 3 is 2.78 bits per heavy atom. The van der Waals surface area contributed by atoms with Crippen LogP contribution < -0.4 is 10.9 Å². The van der Waals surface area contributed by atoms with Crippen molar-refractivity contribution in [2.45, 2.75) is 38.9 Å². The highest BCUT2D eigenvalue weighted by Gasteiger charge is 2.15. The van der Waals surface area contributed by atoms with E-state index in [-0.39, 0.29) is 23.2 Å². The van der Waals surface area contributed by atoms with Crippen LogP contribution in [0.3, 0.4) is 0 Å². The molecule has 0 aliphatic heterocycles. The van der Waals surface area contributed by atoms with Crippen LogP contribution in [0.5, 0.6) is 0 Å². The summed E-state index contributed by atoms with van der Waals surface area (Å²) in [6, 6.07) is 7.29. The summed E-state index contributed by atoms with van der Waals surface area (Å²) in [6.45, 7) is 6.43. The van der Waals surface area contributed by atoms with Gasteiger partial charge in [-0.2, -0.15) is 4.98 Å². The van der Waals surface area contributed by atoms with Crippen molar-refractivity contribution in [3.63, 3.8) is 0 Å². The minimum absolute atomic E-state index is 0.0572. The number of hydrogen-bond acceptors (Lipinski definition) is 7. The molecule has 9 heteroatoms. The van der Waals surface area contributed by atoms with Gasteiger partial charge in [-0.15, -0.1) is 0 Å². The van der Waals surface area contributed by atoms with Crippen molar-refractivity contribution in [2.24, 2.45) is 5.92 Å². The van der Waals surface area contributed by atoms with Gasteiger partial charge in [-0.1, -0.05) is 42.9 Å². The first-order valence-electron chi connectivity index (χ1n) is 8.66. The minimum Gasteiger partial charge on any atom is -0.315 e. The van der Waals surface area contributed by atoms with E-state index in [1.165, 1.54) is 11.8 Å². The van der Waals surface area contributed by atoms with Gasteiger partial charge < -0.3 is 4.52 Å². The number of aryl methyl sites for hydroxylation is 1. The van der Waals surface area contributed by atoms with Gasteiger partial charge in [0.2, 0.25) is 5.91 Å². The third kappa shape index (κ3) is 4.73. The molecule has 0 aliphatic carbocycles. The molecule has 0 radical (unpaired) electrons. The Morgan fingerprint density at radius 2 is 2.07 bits per heavy atom. The van der Waals surface area contributed by atoms with E-state index in [1.807, 2.05) is 12.1 Å². The van der Waals surface area contributed by atoms with E-state index in [9.17, 15) is 9.59 Å². The highest BCUT2D eigenvalue weighted by molar-refractivity contribution is 7.99. The number of carbonyl (C=O) groups is 1. The Balaban J connectivity index is 1.81. The molecule has 3 aromatic rings. The number of nitrogens with zero attached hydrogens (tertiary/aromatic N) is 4. The summed E-state index contributed by atoms with van der Waals surface area (Å²) in [5.41, 5.74) is 0.537. The lowest BCUT2D eigenvalue weighted by atomic mass is 10.1. The summed E-state index contributed by atoms with van der Waals surface area (Å²) < 4.78 is 6.53. The molecule has 3 rings (SSSR count). The van der Waals surface area contributed by atoms with Gasteiger partial charge in [-0.25, -0.2) is 4.98 Å². The Bertz CT molecular complexity index is 1010. The highest BCUT2D eigenvalue weighted by atomic mass is 32.2. The molecule has 142 valence electrons. The summed E-state index contributed by atoms with van der Waals surface area (Å²) in [4.78, 5) is 33.6. The van der Waals surface area contributed by atoms with Gasteiger partial charge in [0.25, 0.3) is 5.56 Å². The maximum atomic E-state index is 12.9. The Morgan fingerprint density at radius 1 is 1.30 bits per heavy atom. The maximum absolute atomic E-state index is 12.9. The number of rotatable bonds is 7. The van der Waals surface area contributed by atoms with E-state index in [0.29, 0.717) is 34.3 Å². The lowest BCUT2D eigenvalue weighted by Crippen LogP contribution is -2.25. The van der Waals surface area contributed by atoms with Crippen LogP contribution in [0, 0.1) is 12.8 Å². The standard InChI is InChI=1S/C18H21N5O3S/c1-11(2)8-9-23-16(25)13-6-4-5-7-14(13)20-18(23)27-10-15(24)21-17-19-12(3)22-26-17/h4-7,11H,8-10H2,1-3H3,(H,19,21,22,24). The first-order chi connectivity index (χ1) is 12.9. The molecule has 1 amide bonds. The van der Waals surface area contributed by atoms with Gasteiger partial charge >= 0.3 is 6.01 Å². The average molecular weight is 387 g/mol. The van der Waals surface area contributed by atoms with Crippen LogP contribution in [0.15, 0.2) is 38.7 Å². The van der Waals surface area contributed by atoms with Crippen LogP contribution in [0.1, 0.15) is 26.1 Å². The molecule has 1 aromatic carbocycles. The number of thioether (sulfide) groups is 1. The van der Waals surface area contributed by atoms with E-state index >= 15 is 0 Å². The first-order valence-corrected chi connectivity index (χ1v) is 9.65. The monoisotopic (exact) mass is 387 g/mol. The van der Waals surface area contributed by atoms with Crippen LogP contribution in [-0.4, -0.2) is 31.4 Å².